The summed E-state index contributed by atoms with van der Waals surface area (Å²) < 4.78 is 0. The van der Waals surface area contributed by atoms with E-state index in [1.54, 1.807) is 14.1 Å². The molecule has 0 unspecified atom stereocenters. The number of phenolic OH excluding ortho intramolecular Hbond substituents is 1. The summed E-state index contributed by atoms with van der Waals surface area (Å²) in [6.07, 6.45) is 0.391. The molecule has 10 heteroatoms. The molecule has 6 N–H and O–H groups in total. The van der Waals surface area contributed by atoms with Gasteiger partial charge in [0.15, 0.2) is 11.4 Å². The van der Waals surface area contributed by atoms with Crippen LogP contribution in [0.5, 0.6) is 5.75 Å². The Labute approximate surface area is 195 Å². The lowest BCUT2D eigenvalue weighted by Crippen LogP contribution is -2.65. The van der Waals surface area contributed by atoms with E-state index in [2.05, 4.69) is 0 Å². The fraction of sp³-hybridized carbons (Fsp3) is 0.458. The zero-order valence-corrected chi connectivity index (χ0v) is 19.1. The van der Waals surface area contributed by atoms with Crippen molar-refractivity contribution in [1.82, 2.24) is 9.80 Å². The van der Waals surface area contributed by atoms with E-state index in [1.165, 1.54) is 4.90 Å². The van der Waals surface area contributed by atoms with Gasteiger partial charge in [0, 0.05) is 30.1 Å². The molecule has 5 rings (SSSR count). The number of ketones is 2. The van der Waals surface area contributed by atoms with Crippen LogP contribution in [0.25, 0.3) is 5.76 Å². The third-order valence-electron chi connectivity index (χ3n) is 7.78. The number of benzene rings is 1. The average Bonchev–Trinajstić information content (AvgIpc) is 3.10. The minimum Gasteiger partial charge on any atom is -0.508 e. The fourth-order valence-electron chi connectivity index (χ4n) is 6.34. The normalized spacial score (nSPS) is 30.9. The third-order valence-corrected chi connectivity index (χ3v) is 7.78. The van der Waals surface area contributed by atoms with Gasteiger partial charge in [0.2, 0.25) is 5.78 Å². The molecule has 4 aliphatic rings. The van der Waals surface area contributed by atoms with Crippen LogP contribution in [0.2, 0.25) is 0 Å². The maximum atomic E-state index is 13.8. The number of rotatable bonds is 2. The Bertz CT molecular complexity index is 1250. The number of hydrogen-bond acceptors (Lipinski definition) is 9. The molecular weight excluding hydrogens is 442 g/mol. The Balaban J connectivity index is 1.72. The number of primary amides is 1. The number of nitrogens with two attached hydrogens (primary N) is 1. The molecule has 3 aliphatic carbocycles. The Morgan fingerprint density at radius 1 is 1.18 bits per heavy atom. The van der Waals surface area contributed by atoms with Gasteiger partial charge in [0.25, 0.3) is 5.91 Å². The van der Waals surface area contributed by atoms with Crippen LogP contribution in [-0.2, 0) is 33.9 Å². The zero-order valence-electron chi connectivity index (χ0n) is 19.1. The number of aromatic hydroxyl groups is 1. The largest absolute Gasteiger partial charge is 0.508 e. The van der Waals surface area contributed by atoms with Crippen LogP contribution < -0.4 is 5.73 Å². The molecule has 0 aromatic heterocycles. The molecule has 1 amide bonds. The van der Waals surface area contributed by atoms with Crippen LogP contribution in [0, 0.1) is 11.8 Å². The second-order valence-electron chi connectivity index (χ2n) is 10.0. The van der Waals surface area contributed by atoms with E-state index in [1.807, 2.05) is 18.0 Å². The number of amides is 1. The summed E-state index contributed by atoms with van der Waals surface area (Å²) >= 11 is 0. The topological polar surface area (TPSA) is 165 Å². The van der Waals surface area contributed by atoms with E-state index in [0.29, 0.717) is 30.6 Å². The quantitative estimate of drug-likeness (QED) is 0.372. The smallest absolute Gasteiger partial charge is 0.255 e. The van der Waals surface area contributed by atoms with Crippen LogP contribution in [0.1, 0.15) is 28.7 Å². The highest BCUT2D eigenvalue weighted by atomic mass is 16.3. The molecule has 1 aliphatic heterocycles. The number of phenols is 1. The van der Waals surface area contributed by atoms with Gasteiger partial charge < -0.3 is 26.2 Å². The SMILES string of the molecule is CN1Cc2cc3c(c(O)c2C1)C(O)=C1C(=O)[C@]2(O)C(O)=C(C(N)=O)C(=O)[C@@H](N(C)C)[C@@H]2C[C@@H]1C3. The lowest BCUT2D eigenvalue weighted by atomic mass is 9.57. The van der Waals surface area contributed by atoms with E-state index in [4.69, 9.17) is 5.73 Å². The number of carbonyl (C=O) groups is 3. The van der Waals surface area contributed by atoms with E-state index < -0.39 is 58.0 Å². The highest BCUT2D eigenvalue weighted by molar-refractivity contribution is 6.24. The van der Waals surface area contributed by atoms with E-state index >= 15 is 0 Å². The van der Waals surface area contributed by atoms with E-state index in [-0.39, 0.29) is 23.3 Å². The molecule has 10 nitrogen and oxygen atoms in total. The number of likely N-dealkylation sites (N-methyl/N-ethyl adjacent to an activating group) is 1. The second kappa shape index (κ2) is 7.14. The van der Waals surface area contributed by atoms with Crippen LogP contribution in [-0.4, -0.2) is 80.5 Å². The number of aliphatic hydroxyl groups excluding tert-OH is 2. The van der Waals surface area contributed by atoms with Gasteiger partial charge in [-0.25, -0.2) is 0 Å². The summed E-state index contributed by atoms with van der Waals surface area (Å²) in [6, 6.07) is 0.837. The molecule has 1 heterocycles. The summed E-state index contributed by atoms with van der Waals surface area (Å²) in [5, 5.41) is 44.6. The van der Waals surface area contributed by atoms with Crippen LogP contribution in [0.3, 0.4) is 0 Å². The average molecular weight is 469 g/mol. The predicted molar refractivity (Wildman–Crippen MR) is 119 cm³/mol. The number of nitrogens with zero attached hydrogens (tertiary/aromatic N) is 2. The Hall–Kier alpha value is -3.21. The summed E-state index contributed by atoms with van der Waals surface area (Å²) in [4.78, 5) is 42.3. The second-order valence-corrected chi connectivity index (χ2v) is 10.0. The molecule has 0 bridgehead atoms. The van der Waals surface area contributed by atoms with Gasteiger partial charge in [-0.05, 0) is 51.0 Å². The first-order valence-corrected chi connectivity index (χ1v) is 11.1. The van der Waals surface area contributed by atoms with Gasteiger partial charge in [-0.15, -0.1) is 0 Å². The number of hydrogen-bond donors (Lipinski definition) is 5. The summed E-state index contributed by atoms with van der Waals surface area (Å²) in [5.74, 6) is -6.27. The maximum Gasteiger partial charge on any atom is 0.255 e. The first-order valence-electron chi connectivity index (χ1n) is 11.1. The molecule has 0 spiro atoms. The van der Waals surface area contributed by atoms with Crippen LogP contribution in [0.15, 0.2) is 23.0 Å². The molecule has 1 fully saturated rings. The summed E-state index contributed by atoms with van der Waals surface area (Å²) in [5.41, 5.74) is 4.20. The van der Waals surface area contributed by atoms with Crippen LogP contribution >= 0.6 is 0 Å². The van der Waals surface area contributed by atoms with Crippen molar-refractivity contribution in [3.05, 3.63) is 45.2 Å². The summed E-state index contributed by atoms with van der Waals surface area (Å²) in [6.45, 7) is 1.13. The molecule has 1 aromatic carbocycles. The number of aliphatic hydroxyl groups is 3. The van der Waals surface area contributed by atoms with Gasteiger partial charge in [0.1, 0.15) is 22.8 Å². The molecule has 1 saturated carbocycles. The Morgan fingerprint density at radius 3 is 2.47 bits per heavy atom. The standard InChI is InChI=1S/C24H27N3O7/c1-26(2)17-13-6-10-4-9-5-11-7-27(3)8-12(11)18(28)14(9)19(29)15(10)21(31)24(13,34)22(32)16(20(17)30)23(25)33/h5,10,13,17,28-29,32,34H,4,6-8H2,1-3H3,(H2,25,33)/t10-,13-,17-,24-/m0/s1. The Kier molecular flexibility index (Phi) is 4.74. The molecule has 34 heavy (non-hydrogen) atoms. The maximum absolute atomic E-state index is 13.8. The van der Waals surface area contributed by atoms with Gasteiger partial charge in [-0.2, -0.15) is 0 Å². The van der Waals surface area contributed by atoms with Crippen molar-refractivity contribution in [3.8, 4) is 5.75 Å². The fourth-order valence-corrected chi connectivity index (χ4v) is 6.34. The van der Waals surface area contributed by atoms with Gasteiger partial charge in [-0.3, -0.25) is 24.2 Å². The first-order chi connectivity index (χ1) is 15.9. The number of Topliss-reactive ketones (excluding diaryl/α,β-unsaturated/α-hetero) is 2. The minimum absolute atomic E-state index is 0.0868. The number of fused-ring (bicyclic) bond motifs is 4. The molecule has 0 saturated heterocycles. The molecular formula is C24H27N3O7. The van der Waals surface area contributed by atoms with Crippen molar-refractivity contribution in [3.63, 3.8) is 0 Å². The highest BCUT2D eigenvalue weighted by Gasteiger charge is 2.64. The van der Waals surface area contributed by atoms with Gasteiger partial charge in [-0.1, -0.05) is 6.07 Å². The molecule has 180 valence electrons. The van der Waals surface area contributed by atoms with Crippen molar-refractivity contribution >= 4 is 23.2 Å². The van der Waals surface area contributed by atoms with Gasteiger partial charge >= 0.3 is 0 Å². The van der Waals surface area contributed by atoms with Crippen molar-refractivity contribution in [2.24, 2.45) is 17.6 Å². The first kappa shape index (κ1) is 22.6. The van der Waals surface area contributed by atoms with E-state index in [0.717, 1.165) is 5.56 Å². The minimum atomic E-state index is -2.61. The monoisotopic (exact) mass is 469 g/mol. The molecule has 1 aromatic rings. The van der Waals surface area contributed by atoms with Crippen LogP contribution in [0.4, 0.5) is 0 Å². The van der Waals surface area contributed by atoms with Crippen molar-refractivity contribution < 1.29 is 34.8 Å². The van der Waals surface area contributed by atoms with Crippen molar-refractivity contribution in [2.45, 2.75) is 37.6 Å². The van der Waals surface area contributed by atoms with Crippen molar-refractivity contribution in [1.29, 1.82) is 0 Å². The predicted octanol–water partition coefficient (Wildman–Crippen LogP) is -0.0906. The van der Waals surface area contributed by atoms with E-state index in [9.17, 15) is 34.8 Å². The van der Waals surface area contributed by atoms with Gasteiger partial charge in [0.05, 0.1) is 11.6 Å². The lowest BCUT2D eigenvalue weighted by molar-refractivity contribution is -0.153. The third kappa shape index (κ3) is 2.70. The van der Waals surface area contributed by atoms with Crippen molar-refractivity contribution in [2.75, 3.05) is 21.1 Å². The zero-order chi connectivity index (χ0) is 24.9. The highest BCUT2D eigenvalue weighted by Crippen LogP contribution is 2.53. The molecule has 0 radical (unpaired) electrons. The Morgan fingerprint density at radius 2 is 1.85 bits per heavy atom. The summed E-state index contributed by atoms with van der Waals surface area (Å²) in [7, 11) is 5.06. The number of carbonyl (C=O) groups excluding carboxylic acids is 3. The molecule has 4 atom stereocenters. The lowest BCUT2D eigenvalue weighted by Gasteiger charge is -2.50.